The van der Waals surface area contributed by atoms with Gasteiger partial charge in [-0.1, -0.05) is 18.2 Å². The second-order valence-corrected chi connectivity index (χ2v) is 7.04. The van der Waals surface area contributed by atoms with E-state index in [1.807, 2.05) is 18.2 Å². The van der Waals surface area contributed by atoms with Gasteiger partial charge in [0.2, 0.25) is 0 Å². The third-order valence-electron chi connectivity index (χ3n) is 4.45. The van der Waals surface area contributed by atoms with Crippen LogP contribution in [0.1, 0.15) is 37.9 Å². The van der Waals surface area contributed by atoms with E-state index >= 15 is 0 Å². The molecule has 2 N–H and O–H groups in total. The molecule has 144 valence electrons. The van der Waals surface area contributed by atoms with Gasteiger partial charge >= 0.3 is 12.0 Å². The van der Waals surface area contributed by atoms with Gasteiger partial charge in [-0.3, -0.25) is 4.79 Å². The molecule has 1 heterocycles. The standard InChI is InChI=1S/C21H21N3O4/c1-13(25)27-19-18(24-20(26)23-15-7-5-4-6-8-15)16-11-14(12-22)9-10-17(16)28-21(19,2)3/h4-11,18-19H,1-3H3,(H2,23,24,26)/t18-,19+/m0/s1. The van der Waals surface area contributed by atoms with Gasteiger partial charge in [-0.2, -0.15) is 5.26 Å². The van der Waals surface area contributed by atoms with E-state index < -0.39 is 29.7 Å². The van der Waals surface area contributed by atoms with Crippen LogP contribution in [-0.2, 0) is 9.53 Å². The first-order valence-electron chi connectivity index (χ1n) is 8.83. The van der Waals surface area contributed by atoms with Crippen molar-refractivity contribution in [2.75, 3.05) is 5.32 Å². The first kappa shape index (κ1) is 19.2. The number of fused-ring (bicyclic) bond motifs is 1. The molecule has 2 aromatic carbocycles. The molecule has 0 aromatic heterocycles. The maximum Gasteiger partial charge on any atom is 0.319 e. The highest BCUT2D eigenvalue weighted by atomic mass is 16.6. The second-order valence-electron chi connectivity index (χ2n) is 7.04. The fourth-order valence-corrected chi connectivity index (χ4v) is 3.23. The first-order valence-corrected chi connectivity index (χ1v) is 8.83. The molecule has 2 aromatic rings. The molecule has 3 rings (SSSR count). The minimum atomic E-state index is -0.891. The van der Waals surface area contributed by atoms with Gasteiger partial charge < -0.3 is 20.1 Å². The van der Waals surface area contributed by atoms with Crippen molar-refractivity contribution in [3.63, 3.8) is 0 Å². The van der Waals surface area contributed by atoms with Gasteiger partial charge in [0.15, 0.2) is 6.10 Å². The smallest absolute Gasteiger partial charge is 0.319 e. The number of ether oxygens (including phenoxy) is 2. The summed E-state index contributed by atoms with van der Waals surface area (Å²) in [6.45, 7) is 4.87. The molecule has 7 nitrogen and oxygen atoms in total. The maximum atomic E-state index is 12.6. The van der Waals surface area contributed by atoms with Gasteiger partial charge in [0, 0.05) is 18.2 Å². The van der Waals surface area contributed by atoms with E-state index in [1.54, 1.807) is 44.2 Å². The third-order valence-corrected chi connectivity index (χ3v) is 4.45. The van der Waals surface area contributed by atoms with Gasteiger partial charge in [-0.25, -0.2) is 4.79 Å². The number of anilines is 1. The number of urea groups is 1. The number of nitrogens with zero attached hydrogens (tertiary/aromatic N) is 1. The zero-order valence-electron chi connectivity index (χ0n) is 15.9. The van der Waals surface area contributed by atoms with Crippen LogP contribution < -0.4 is 15.4 Å². The Balaban J connectivity index is 1.96. The van der Waals surface area contributed by atoms with Crippen molar-refractivity contribution in [2.24, 2.45) is 0 Å². The number of hydrogen-bond donors (Lipinski definition) is 2. The molecule has 0 unspecified atom stereocenters. The average molecular weight is 379 g/mol. The fourth-order valence-electron chi connectivity index (χ4n) is 3.23. The molecule has 0 bridgehead atoms. The Morgan fingerprint density at radius 2 is 1.89 bits per heavy atom. The Bertz CT molecular complexity index is 934. The lowest BCUT2D eigenvalue weighted by Gasteiger charge is -2.44. The summed E-state index contributed by atoms with van der Waals surface area (Å²) < 4.78 is 11.5. The van der Waals surface area contributed by atoms with Gasteiger partial charge in [0.25, 0.3) is 0 Å². The summed E-state index contributed by atoms with van der Waals surface area (Å²) in [5.41, 5.74) is 0.727. The predicted molar refractivity (Wildman–Crippen MR) is 103 cm³/mol. The zero-order valence-corrected chi connectivity index (χ0v) is 15.9. The van der Waals surface area contributed by atoms with Crippen molar-refractivity contribution in [2.45, 2.75) is 38.5 Å². The molecule has 28 heavy (non-hydrogen) atoms. The molecule has 0 saturated heterocycles. The normalized spacial score (nSPS) is 19.4. The third kappa shape index (κ3) is 4.07. The van der Waals surface area contributed by atoms with Crippen LogP contribution in [-0.4, -0.2) is 23.7 Å². The minimum Gasteiger partial charge on any atom is -0.484 e. The Kier molecular flexibility index (Phi) is 5.23. The molecule has 2 amide bonds. The summed E-state index contributed by atoms with van der Waals surface area (Å²) in [5, 5.41) is 14.9. The van der Waals surface area contributed by atoms with Crippen molar-refractivity contribution in [1.82, 2.24) is 5.32 Å². The molecule has 0 spiro atoms. The summed E-state index contributed by atoms with van der Waals surface area (Å²) in [6.07, 6.45) is -0.784. The van der Waals surface area contributed by atoms with E-state index in [1.165, 1.54) is 6.92 Å². The Hall–Kier alpha value is -3.53. The molecule has 1 aliphatic heterocycles. The Labute approximate surface area is 163 Å². The predicted octanol–water partition coefficient (Wildman–Crippen LogP) is 3.52. The van der Waals surface area contributed by atoms with E-state index in [2.05, 4.69) is 16.7 Å². The lowest BCUT2D eigenvalue weighted by atomic mass is 9.85. The number of carbonyl (C=O) groups excluding carboxylic acids is 2. The monoisotopic (exact) mass is 379 g/mol. The van der Waals surface area contributed by atoms with Crippen molar-refractivity contribution in [3.8, 4) is 11.8 Å². The molecular weight excluding hydrogens is 358 g/mol. The fraction of sp³-hybridized carbons (Fsp3) is 0.286. The number of benzene rings is 2. The van der Waals surface area contributed by atoms with Gasteiger partial charge in [0.1, 0.15) is 17.4 Å². The van der Waals surface area contributed by atoms with E-state index in [0.717, 1.165) is 0 Å². The number of rotatable bonds is 3. The molecule has 2 atom stereocenters. The van der Waals surface area contributed by atoms with E-state index in [9.17, 15) is 14.9 Å². The number of carbonyl (C=O) groups is 2. The van der Waals surface area contributed by atoms with E-state index in [0.29, 0.717) is 22.6 Å². The molecular formula is C21H21N3O4. The summed E-state index contributed by atoms with van der Waals surface area (Å²) >= 11 is 0. The summed E-state index contributed by atoms with van der Waals surface area (Å²) in [7, 11) is 0. The lowest BCUT2D eigenvalue weighted by molar-refractivity contribution is -0.162. The van der Waals surface area contributed by atoms with Crippen LogP contribution in [0.25, 0.3) is 0 Å². The SMILES string of the molecule is CC(=O)O[C@@H]1[C@@H](NC(=O)Nc2ccccc2)c2cc(C#N)ccc2OC1(C)C. The average Bonchev–Trinajstić information content (AvgIpc) is 2.64. The number of nitriles is 1. The minimum absolute atomic E-state index is 0.416. The van der Waals surface area contributed by atoms with Crippen LogP contribution >= 0.6 is 0 Å². The summed E-state index contributed by atoms with van der Waals surface area (Å²) in [4.78, 5) is 24.3. The van der Waals surface area contributed by atoms with Crippen molar-refractivity contribution >= 4 is 17.7 Å². The van der Waals surface area contributed by atoms with Crippen molar-refractivity contribution in [1.29, 1.82) is 5.26 Å². The first-order chi connectivity index (χ1) is 13.3. The van der Waals surface area contributed by atoms with E-state index in [4.69, 9.17) is 9.47 Å². The number of amides is 2. The van der Waals surface area contributed by atoms with Crippen LogP contribution in [0.5, 0.6) is 5.75 Å². The van der Waals surface area contributed by atoms with Crippen molar-refractivity contribution < 1.29 is 19.1 Å². The molecule has 0 aliphatic carbocycles. The largest absolute Gasteiger partial charge is 0.484 e. The van der Waals surface area contributed by atoms with Crippen LogP contribution in [0, 0.1) is 11.3 Å². The summed E-state index contributed by atoms with van der Waals surface area (Å²) in [6, 6.07) is 14.9. The number of esters is 1. The number of nitrogens with one attached hydrogen (secondary N) is 2. The Morgan fingerprint density at radius 3 is 2.54 bits per heavy atom. The second kappa shape index (κ2) is 7.61. The van der Waals surface area contributed by atoms with Crippen LogP contribution in [0.3, 0.4) is 0 Å². The lowest BCUT2D eigenvalue weighted by Crippen LogP contribution is -2.55. The molecule has 0 radical (unpaired) electrons. The summed E-state index contributed by atoms with van der Waals surface area (Å²) in [5.74, 6) is 0.0363. The molecule has 1 aliphatic rings. The Morgan fingerprint density at radius 1 is 1.18 bits per heavy atom. The highest BCUT2D eigenvalue weighted by Gasteiger charge is 2.47. The number of hydrogen-bond acceptors (Lipinski definition) is 5. The quantitative estimate of drug-likeness (QED) is 0.795. The van der Waals surface area contributed by atoms with Crippen molar-refractivity contribution in [3.05, 3.63) is 59.7 Å². The van der Waals surface area contributed by atoms with Gasteiger partial charge in [0.05, 0.1) is 11.6 Å². The van der Waals surface area contributed by atoms with Gasteiger partial charge in [-0.15, -0.1) is 0 Å². The topological polar surface area (TPSA) is 100 Å². The molecule has 0 saturated carbocycles. The molecule has 0 fully saturated rings. The molecule has 7 heteroatoms. The van der Waals surface area contributed by atoms with Gasteiger partial charge in [-0.05, 0) is 44.2 Å². The maximum absolute atomic E-state index is 12.6. The highest BCUT2D eigenvalue weighted by molar-refractivity contribution is 5.89. The van der Waals surface area contributed by atoms with Crippen LogP contribution in [0.15, 0.2) is 48.5 Å². The van der Waals surface area contributed by atoms with E-state index in [-0.39, 0.29) is 0 Å². The van der Waals surface area contributed by atoms with Crippen LogP contribution in [0.2, 0.25) is 0 Å². The zero-order chi connectivity index (χ0) is 20.3. The van der Waals surface area contributed by atoms with Crippen LogP contribution in [0.4, 0.5) is 10.5 Å². The highest BCUT2D eigenvalue weighted by Crippen LogP contribution is 2.41. The number of para-hydroxylation sites is 1.